The van der Waals surface area contributed by atoms with Gasteiger partial charge in [-0.3, -0.25) is 4.79 Å². The molecule has 46 heavy (non-hydrogen) atoms. The number of hydrogen-bond donors (Lipinski definition) is 1. The molecule has 3 aromatic rings. The second kappa shape index (κ2) is 11.4. The molecular formula is C35H35Cl2F6N2O+. The molecule has 3 aromatic carbocycles. The summed E-state index contributed by atoms with van der Waals surface area (Å²) in [5.74, 6) is -0.152. The average Bonchev–Trinajstić information content (AvgIpc) is 3.03. The number of quaternary nitrogens is 1. The first-order valence-corrected chi connectivity index (χ1v) is 16.3. The van der Waals surface area contributed by atoms with Gasteiger partial charge < -0.3 is 9.80 Å². The molecule has 2 atom stereocenters. The van der Waals surface area contributed by atoms with Crippen LogP contribution in [-0.4, -0.2) is 42.1 Å². The minimum absolute atomic E-state index is 0.0276. The number of alkyl halides is 6. The Morgan fingerprint density at radius 1 is 0.804 bits per heavy atom. The highest BCUT2D eigenvalue weighted by molar-refractivity contribution is 6.42. The molecule has 0 aromatic heterocycles. The Balaban J connectivity index is 1.66. The number of hydrogen-bond acceptors (Lipinski definition) is 1. The quantitative estimate of drug-likeness (QED) is 0.204. The largest absolute Gasteiger partial charge is 0.416 e. The Morgan fingerprint density at radius 3 is 1.96 bits per heavy atom. The first-order valence-electron chi connectivity index (χ1n) is 15.5. The fourth-order valence-electron chi connectivity index (χ4n) is 9.17. The van der Waals surface area contributed by atoms with Gasteiger partial charge in [0, 0.05) is 44.1 Å². The molecule has 246 valence electrons. The standard InChI is InChI=1S/C35H34Cl2F6N2O/c1-2-45-14-12-31(13-15-45,24-6-4-3-5-7-24)21-33(45,20-23-16-26(34(38,39)40)18-27(17-23)35(41,42)43)32(11-10-30(46)44-22-32)25-8-9-28(36)29(37)19-25/h3-9,16-19H,2,10-15,20-22H2,1H3/p+1. The van der Waals surface area contributed by atoms with E-state index in [2.05, 4.69) is 17.4 Å². The smallest absolute Gasteiger partial charge is 0.355 e. The van der Waals surface area contributed by atoms with Crippen LogP contribution in [0.2, 0.25) is 10.0 Å². The predicted octanol–water partition coefficient (Wildman–Crippen LogP) is 9.13. The lowest BCUT2D eigenvalue weighted by molar-refractivity contribution is -0.996. The summed E-state index contributed by atoms with van der Waals surface area (Å²) in [6, 6.07) is 17.3. The lowest BCUT2D eigenvalue weighted by Crippen LogP contribution is -2.83. The minimum Gasteiger partial charge on any atom is -0.355 e. The Morgan fingerprint density at radius 2 is 1.43 bits per heavy atom. The van der Waals surface area contributed by atoms with Crippen LogP contribution >= 0.6 is 23.2 Å². The van der Waals surface area contributed by atoms with Gasteiger partial charge in [0.15, 0.2) is 0 Å². The Hall–Kier alpha value is -2.75. The van der Waals surface area contributed by atoms with E-state index in [9.17, 15) is 31.1 Å². The summed E-state index contributed by atoms with van der Waals surface area (Å²) in [6.45, 7) is 4.21. The number of rotatable bonds is 6. The molecule has 3 nitrogen and oxygen atoms in total. The van der Waals surface area contributed by atoms with Gasteiger partial charge in [0.1, 0.15) is 5.54 Å². The molecule has 1 N–H and O–H groups in total. The van der Waals surface area contributed by atoms with Crippen LogP contribution in [0.3, 0.4) is 0 Å². The molecule has 4 fully saturated rings. The average molecular weight is 685 g/mol. The maximum atomic E-state index is 14.2. The molecule has 7 rings (SSSR count). The second-order valence-corrected chi connectivity index (χ2v) is 14.2. The summed E-state index contributed by atoms with van der Waals surface area (Å²) >= 11 is 13.0. The zero-order valence-corrected chi connectivity index (χ0v) is 26.8. The van der Waals surface area contributed by atoms with E-state index in [4.69, 9.17) is 23.2 Å². The molecule has 2 bridgehead atoms. The summed E-state index contributed by atoms with van der Waals surface area (Å²) in [4.78, 5) is 12.7. The van der Waals surface area contributed by atoms with Crippen molar-refractivity contribution in [3.8, 4) is 0 Å². The van der Waals surface area contributed by atoms with Gasteiger partial charge in [0.2, 0.25) is 5.91 Å². The van der Waals surface area contributed by atoms with Crippen molar-refractivity contribution in [2.45, 2.75) is 74.2 Å². The van der Waals surface area contributed by atoms with E-state index < -0.39 is 34.4 Å². The van der Waals surface area contributed by atoms with Gasteiger partial charge in [-0.05, 0) is 60.4 Å². The second-order valence-electron chi connectivity index (χ2n) is 13.3. The topological polar surface area (TPSA) is 29.1 Å². The minimum atomic E-state index is -4.97. The number of amides is 1. The zero-order valence-electron chi connectivity index (χ0n) is 25.3. The van der Waals surface area contributed by atoms with Crippen LogP contribution in [0.4, 0.5) is 26.3 Å². The van der Waals surface area contributed by atoms with Crippen LogP contribution < -0.4 is 5.32 Å². The summed E-state index contributed by atoms with van der Waals surface area (Å²) in [5, 5.41) is 3.67. The number of likely N-dealkylation sites (N-methyl/N-ethyl adjacent to an activating group) is 1. The zero-order chi connectivity index (χ0) is 33.2. The highest BCUT2D eigenvalue weighted by atomic mass is 35.5. The number of nitrogens with zero attached hydrogens (tertiary/aromatic N) is 1. The number of carbonyl (C=O) groups is 1. The van der Waals surface area contributed by atoms with Crippen LogP contribution in [0, 0.1) is 0 Å². The number of halogens is 8. The first kappa shape index (κ1) is 33.2. The highest BCUT2D eigenvalue weighted by Gasteiger charge is 2.71. The molecule has 1 amide bonds. The van der Waals surface area contributed by atoms with Crippen LogP contribution in [0.5, 0.6) is 0 Å². The van der Waals surface area contributed by atoms with Crippen molar-refractivity contribution >= 4 is 29.1 Å². The molecule has 4 saturated heterocycles. The Kier molecular flexibility index (Phi) is 8.25. The number of piperidine rings is 4. The van der Waals surface area contributed by atoms with E-state index in [-0.39, 0.29) is 42.3 Å². The van der Waals surface area contributed by atoms with Crippen LogP contribution in [0.25, 0.3) is 0 Å². The monoisotopic (exact) mass is 683 g/mol. The van der Waals surface area contributed by atoms with Crippen molar-refractivity contribution in [3.05, 3.63) is 105 Å². The predicted molar refractivity (Wildman–Crippen MR) is 166 cm³/mol. The van der Waals surface area contributed by atoms with Crippen molar-refractivity contribution in [3.63, 3.8) is 0 Å². The molecule has 4 aliphatic rings. The molecule has 0 aliphatic carbocycles. The van der Waals surface area contributed by atoms with Gasteiger partial charge >= 0.3 is 12.4 Å². The summed E-state index contributed by atoms with van der Waals surface area (Å²) < 4.78 is 85.4. The molecule has 4 heterocycles. The maximum absolute atomic E-state index is 14.2. The third kappa shape index (κ3) is 5.30. The van der Waals surface area contributed by atoms with E-state index in [1.165, 1.54) is 0 Å². The van der Waals surface area contributed by atoms with E-state index in [0.29, 0.717) is 47.0 Å². The van der Waals surface area contributed by atoms with Crippen LogP contribution in [0.1, 0.15) is 66.8 Å². The Bertz CT molecular complexity index is 1590. The highest BCUT2D eigenvalue weighted by Crippen LogP contribution is 2.63. The van der Waals surface area contributed by atoms with E-state index in [1.807, 2.05) is 31.2 Å². The van der Waals surface area contributed by atoms with Gasteiger partial charge in [-0.1, -0.05) is 59.6 Å². The van der Waals surface area contributed by atoms with E-state index in [1.54, 1.807) is 12.1 Å². The third-order valence-electron chi connectivity index (χ3n) is 11.4. The summed E-state index contributed by atoms with van der Waals surface area (Å²) in [7, 11) is 0. The van der Waals surface area contributed by atoms with E-state index >= 15 is 0 Å². The van der Waals surface area contributed by atoms with Crippen molar-refractivity contribution < 1.29 is 35.6 Å². The number of nitrogens with one attached hydrogen (secondary N) is 1. The van der Waals surface area contributed by atoms with E-state index in [0.717, 1.165) is 36.1 Å². The lowest BCUT2D eigenvalue weighted by Gasteiger charge is -2.71. The van der Waals surface area contributed by atoms with Gasteiger partial charge in [-0.25, -0.2) is 0 Å². The first-order chi connectivity index (χ1) is 21.6. The summed E-state index contributed by atoms with van der Waals surface area (Å²) in [6.07, 6.45) is -7.34. The van der Waals surface area contributed by atoms with Crippen LogP contribution in [-0.2, 0) is 34.4 Å². The molecular weight excluding hydrogens is 649 g/mol. The van der Waals surface area contributed by atoms with Gasteiger partial charge in [-0.2, -0.15) is 26.3 Å². The van der Waals surface area contributed by atoms with Gasteiger partial charge in [-0.15, -0.1) is 0 Å². The van der Waals surface area contributed by atoms with Crippen molar-refractivity contribution in [1.29, 1.82) is 0 Å². The summed E-state index contributed by atoms with van der Waals surface area (Å²) in [5.41, 5.74) is -2.99. The Labute approximate surface area is 274 Å². The van der Waals surface area contributed by atoms with Crippen LogP contribution in [0.15, 0.2) is 66.7 Å². The molecule has 4 aliphatic heterocycles. The van der Waals surface area contributed by atoms with Crippen molar-refractivity contribution in [2.75, 3.05) is 26.2 Å². The normalized spacial score (nSPS) is 29.9. The maximum Gasteiger partial charge on any atom is 0.416 e. The molecule has 0 saturated carbocycles. The van der Waals surface area contributed by atoms with Crippen molar-refractivity contribution in [2.24, 2.45) is 0 Å². The van der Waals surface area contributed by atoms with Crippen molar-refractivity contribution in [1.82, 2.24) is 5.32 Å². The van der Waals surface area contributed by atoms with Gasteiger partial charge in [0.25, 0.3) is 0 Å². The SMILES string of the molecule is CC[N+]12CCC(c3ccccc3)(CC1)CC2(Cc1cc(C(F)(F)F)cc(C(F)(F)F)c1)C1(c2ccc(Cl)c(Cl)c2)CCC(=O)NC1. The number of carbonyl (C=O) groups excluding carboxylic acids is 1. The number of benzene rings is 3. The number of fused-ring (bicyclic) bond motifs is 3. The lowest BCUT2D eigenvalue weighted by atomic mass is 9.47. The molecule has 11 heteroatoms. The van der Waals surface area contributed by atoms with Gasteiger partial charge in [0.05, 0.1) is 46.2 Å². The molecule has 0 spiro atoms. The fourth-order valence-corrected chi connectivity index (χ4v) is 9.47. The fraction of sp³-hybridized carbons (Fsp3) is 0.457. The molecule has 2 unspecified atom stereocenters. The molecule has 0 radical (unpaired) electrons. The third-order valence-corrected chi connectivity index (χ3v) is 12.2.